The van der Waals surface area contributed by atoms with E-state index >= 15 is 0 Å². The number of hydrogen-bond donors (Lipinski definition) is 1. The molecule has 22 heavy (non-hydrogen) atoms. The topological polar surface area (TPSA) is 58.4 Å². The molecule has 2 aromatic rings. The Labute approximate surface area is 130 Å². The highest BCUT2D eigenvalue weighted by Crippen LogP contribution is 2.24. The molecule has 2 heterocycles. The highest BCUT2D eigenvalue weighted by molar-refractivity contribution is 5.81. The summed E-state index contributed by atoms with van der Waals surface area (Å²) in [5.41, 5.74) is 1.32. The number of anilines is 1. The number of aromatic nitrogens is 1. The van der Waals surface area contributed by atoms with Crippen molar-refractivity contribution in [1.29, 1.82) is 0 Å². The largest absolute Gasteiger partial charge is 0.423 e. The minimum atomic E-state index is -0.361. The smallest absolute Gasteiger partial charge is 0.298 e. The summed E-state index contributed by atoms with van der Waals surface area (Å²) in [6.07, 6.45) is 2.02. The molecule has 0 spiro atoms. The number of carbonyl (C=O) groups excluding carboxylic acids is 1. The number of amides is 1. The number of rotatable bonds is 2. The van der Waals surface area contributed by atoms with E-state index in [2.05, 4.69) is 15.2 Å². The number of oxazole rings is 1. The second-order valence-electron chi connectivity index (χ2n) is 6.97. The van der Waals surface area contributed by atoms with E-state index < -0.39 is 0 Å². The highest BCUT2D eigenvalue weighted by Gasteiger charge is 2.28. The van der Waals surface area contributed by atoms with Crippen molar-refractivity contribution in [3.8, 4) is 0 Å². The molecule has 118 valence electrons. The van der Waals surface area contributed by atoms with E-state index in [0.29, 0.717) is 6.01 Å². The third-order valence-corrected chi connectivity index (χ3v) is 3.99. The van der Waals surface area contributed by atoms with Crippen molar-refractivity contribution >= 4 is 23.0 Å². The second-order valence-corrected chi connectivity index (χ2v) is 6.97. The Morgan fingerprint density at radius 3 is 2.86 bits per heavy atom. The van der Waals surface area contributed by atoms with Crippen LogP contribution >= 0.6 is 0 Å². The molecule has 1 aromatic heterocycles. The fraction of sp³-hybridized carbons (Fsp3) is 0.529. The lowest BCUT2D eigenvalue weighted by atomic mass is 9.94. The normalized spacial score (nSPS) is 19.4. The lowest BCUT2D eigenvalue weighted by Gasteiger charge is -2.33. The van der Waals surface area contributed by atoms with Gasteiger partial charge in [0.05, 0.1) is 0 Å². The average Bonchev–Trinajstić information content (AvgIpc) is 2.90. The van der Waals surface area contributed by atoms with Gasteiger partial charge >= 0.3 is 0 Å². The number of fused-ring (bicyclic) bond motifs is 1. The van der Waals surface area contributed by atoms with Gasteiger partial charge in [-0.3, -0.25) is 4.79 Å². The van der Waals surface area contributed by atoms with Gasteiger partial charge in [0, 0.05) is 24.5 Å². The molecule has 1 saturated heterocycles. The van der Waals surface area contributed by atoms with Crippen molar-refractivity contribution in [2.45, 2.75) is 39.7 Å². The minimum absolute atomic E-state index is 0.0944. The van der Waals surface area contributed by atoms with Crippen molar-refractivity contribution < 1.29 is 9.21 Å². The summed E-state index contributed by atoms with van der Waals surface area (Å²) in [4.78, 5) is 18.8. The van der Waals surface area contributed by atoms with Crippen LogP contribution in [-0.4, -0.2) is 30.0 Å². The number of carbonyl (C=O) groups is 1. The molecule has 1 aromatic carbocycles. The van der Waals surface area contributed by atoms with E-state index in [4.69, 9.17) is 4.42 Å². The molecule has 0 bridgehead atoms. The second kappa shape index (κ2) is 5.63. The van der Waals surface area contributed by atoms with E-state index in [0.717, 1.165) is 37.0 Å². The van der Waals surface area contributed by atoms with Gasteiger partial charge in [0.25, 0.3) is 6.01 Å². The van der Waals surface area contributed by atoms with Gasteiger partial charge in [0.2, 0.25) is 5.91 Å². The summed E-state index contributed by atoms with van der Waals surface area (Å²) in [6, 6.07) is 8.57. The minimum Gasteiger partial charge on any atom is -0.423 e. The summed E-state index contributed by atoms with van der Waals surface area (Å²) < 4.78 is 5.83. The Morgan fingerprint density at radius 2 is 2.14 bits per heavy atom. The van der Waals surface area contributed by atoms with E-state index in [-0.39, 0.29) is 17.4 Å². The highest BCUT2D eigenvalue weighted by atomic mass is 16.4. The van der Waals surface area contributed by atoms with Gasteiger partial charge in [-0.25, -0.2) is 0 Å². The Morgan fingerprint density at radius 1 is 1.36 bits per heavy atom. The molecule has 0 aliphatic carbocycles. The van der Waals surface area contributed by atoms with Gasteiger partial charge in [-0.2, -0.15) is 4.98 Å². The standard InChI is InChI=1S/C17H23N3O2/c1-17(2,3)15(21)18-12-7-6-10-20(11-12)16-19-13-8-4-5-9-14(13)22-16/h4-5,8-9,12H,6-7,10-11H2,1-3H3,(H,18,21). The maximum Gasteiger partial charge on any atom is 0.298 e. The predicted octanol–water partition coefficient (Wildman–Crippen LogP) is 2.96. The van der Waals surface area contributed by atoms with Crippen LogP contribution in [0.5, 0.6) is 0 Å². The number of benzene rings is 1. The first-order valence-corrected chi connectivity index (χ1v) is 7.85. The quantitative estimate of drug-likeness (QED) is 0.926. The van der Waals surface area contributed by atoms with Crippen LogP contribution in [-0.2, 0) is 4.79 Å². The average molecular weight is 301 g/mol. The van der Waals surface area contributed by atoms with Crippen molar-refractivity contribution in [3.05, 3.63) is 24.3 Å². The zero-order chi connectivity index (χ0) is 15.7. The van der Waals surface area contributed by atoms with Gasteiger partial charge in [-0.1, -0.05) is 32.9 Å². The Balaban J connectivity index is 1.71. The molecular weight excluding hydrogens is 278 g/mol. The molecule has 1 atom stereocenters. The van der Waals surface area contributed by atoms with Gasteiger partial charge in [-0.15, -0.1) is 0 Å². The molecule has 1 amide bonds. The first kappa shape index (κ1) is 14.9. The fourth-order valence-corrected chi connectivity index (χ4v) is 2.67. The molecule has 0 saturated carbocycles. The van der Waals surface area contributed by atoms with Crippen molar-refractivity contribution in [2.24, 2.45) is 5.41 Å². The molecule has 1 N–H and O–H groups in total. The van der Waals surface area contributed by atoms with E-state index in [9.17, 15) is 4.79 Å². The Hall–Kier alpha value is -2.04. The van der Waals surface area contributed by atoms with Gasteiger partial charge in [-0.05, 0) is 25.0 Å². The molecule has 5 heteroatoms. The molecule has 1 aliphatic rings. The first-order chi connectivity index (χ1) is 10.4. The monoisotopic (exact) mass is 301 g/mol. The zero-order valence-electron chi connectivity index (χ0n) is 13.4. The number of para-hydroxylation sites is 2. The molecule has 0 radical (unpaired) electrons. The van der Waals surface area contributed by atoms with Gasteiger partial charge in [0.1, 0.15) is 5.52 Å². The maximum atomic E-state index is 12.1. The van der Waals surface area contributed by atoms with E-state index in [1.807, 2.05) is 45.0 Å². The van der Waals surface area contributed by atoms with Crippen LogP contribution in [0, 0.1) is 5.41 Å². The summed E-state index contributed by atoms with van der Waals surface area (Å²) in [5, 5.41) is 3.14. The number of piperidine rings is 1. The fourth-order valence-electron chi connectivity index (χ4n) is 2.67. The lowest BCUT2D eigenvalue weighted by molar-refractivity contribution is -0.129. The molecule has 5 nitrogen and oxygen atoms in total. The van der Waals surface area contributed by atoms with Gasteiger partial charge < -0.3 is 14.6 Å². The Bertz CT molecular complexity index is 639. The SMILES string of the molecule is CC(C)(C)C(=O)NC1CCCN(c2nc3ccccc3o2)C1. The molecular formula is C17H23N3O2. The summed E-state index contributed by atoms with van der Waals surface area (Å²) >= 11 is 0. The van der Waals surface area contributed by atoms with Crippen molar-refractivity contribution in [1.82, 2.24) is 10.3 Å². The molecule has 3 rings (SSSR count). The molecule has 1 aliphatic heterocycles. The summed E-state index contributed by atoms with van der Waals surface area (Å²) in [5.74, 6) is 0.0944. The Kier molecular flexibility index (Phi) is 3.81. The number of nitrogens with one attached hydrogen (secondary N) is 1. The third kappa shape index (κ3) is 3.08. The van der Waals surface area contributed by atoms with Crippen molar-refractivity contribution in [3.63, 3.8) is 0 Å². The van der Waals surface area contributed by atoms with E-state index in [1.165, 1.54) is 0 Å². The van der Waals surface area contributed by atoms with Crippen LogP contribution in [0.2, 0.25) is 0 Å². The number of hydrogen-bond acceptors (Lipinski definition) is 4. The maximum absolute atomic E-state index is 12.1. The lowest BCUT2D eigenvalue weighted by Crippen LogP contribution is -2.50. The molecule has 1 unspecified atom stereocenters. The third-order valence-electron chi connectivity index (χ3n) is 3.99. The van der Waals surface area contributed by atoms with Crippen LogP contribution in [0.4, 0.5) is 6.01 Å². The zero-order valence-corrected chi connectivity index (χ0v) is 13.4. The van der Waals surface area contributed by atoms with Crippen LogP contribution in [0.3, 0.4) is 0 Å². The summed E-state index contributed by atoms with van der Waals surface area (Å²) in [6.45, 7) is 7.46. The van der Waals surface area contributed by atoms with Crippen LogP contribution < -0.4 is 10.2 Å². The summed E-state index contributed by atoms with van der Waals surface area (Å²) in [7, 11) is 0. The van der Waals surface area contributed by atoms with E-state index in [1.54, 1.807) is 0 Å². The predicted molar refractivity (Wildman–Crippen MR) is 86.8 cm³/mol. The van der Waals surface area contributed by atoms with Crippen LogP contribution in [0.1, 0.15) is 33.6 Å². The van der Waals surface area contributed by atoms with Crippen molar-refractivity contribution in [2.75, 3.05) is 18.0 Å². The number of nitrogens with zero attached hydrogens (tertiary/aromatic N) is 2. The van der Waals surface area contributed by atoms with Crippen LogP contribution in [0.15, 0.2) is 28.7 Å². The van der Waals surface area contributed by atoms with Gasteiger partial charge in [0.15, 0.2) is 5.58 Å². The molecule has 1 fully saturated rings. The van der Waals surface area contributed by atoms with Crippen LogP contribution in [0.25, 0.3) is 11.1 Å². The first-order valence-electron chi connectivity index (χ1n) is 7.85.